The number of benzene rings is 1. The van der Waals surface area contributed by atoms with E-state index >= 15 is 0 Å². The zero-order valence-electron chi connectivity index (χ0n) is 11.5. The lowest BCUT2D eigenvalue weighted by molar-refractivity contribution is 0.283. The first-order valence-electron chi connectivity index (χ1n) is 6.70. The number of aliphatic hydroxyl groups is 1. The number of nitrogens with zero attached hydrogens (tertiary/aromatic N) is 1. The maximum absolute atomic E-state index is 11.9. The first-order chi connectivity index (χ1) is 9.49. The Labute approximate surface area is 119 Å². The minimum absolute atomic E-state index is 0.0128. The summed E-state index contributed by atoms with van der Waals surface area (Å²) in [6.07, 6.45) is 3.24. The number of rotatable bonds is 6. The Morgan fingerprint density at radius 3 is 2.65 bits per heavy atom. The topological polar surface area (TPSA) is 95.7 Å². The van der Waals surface area contributed by atoms with Crippen LogP contribution in [0.1, 0.15) is 19.3 Å². The third kappa shape index (κ3) is 2.89. The normalized spacial score (nSPS) is 15.9. The van der Waals surface area contributed by atoms with Crippen LogP contribution in [0.2, 0.25) is 0 Å². The highest BCUT2D eigenvalue weighted by Crippen LogP contribution is 2.34. The summed E-state index contributed by atoms with van der Waals surface area (Å²) >= 11 is 0. The molecule has 6 nitrogen and oxygen atoms in total. The van der Waals surface area contributed by atoms with Crippen LogP contribution in [-0.2, 0) is 10.0 Å². The summed E-state index contributed by atoms with van der Waals surface area (Å²) in [5.41, 5.74) is 7.19. The zero-order chi connectivity index (χ0) is 14.8. The van der Waals surface area contributed by atoms with Crippen LogP contribution >= 0.6 is 0 Å². The van der Waals surface area contributed by atoms with E-state index in [2.05, 4.69) is 4.72 Å². The van der Waals surface area contributed by atoms with E-state index in [0.717, 1.165) is 19.3 Å². The van der Waals surface area contributed by atoms with Crippen molar-refractivity contribution in [2.75, 3.05) is 30.8 Å². The number of nitrogens with one attached hydrogen (secondary N) is 1. The van der Waals surface area contributed by atoms with E-state index in [1.54, 1.807) is 12.1 Å². The Balaban J connectivity index is 2.40. The quantitative estimate of drug-likeness (QED) is 0.666. The standard InChI is InChI=1S/C13H21N3O3S/c1-15-20(18,19)11-5-6-12(14)13(9-11)16(7-8-17)10-3-2-4-10/h5-6,9-10,15,17H,2-4,7-8,14H2,1H3. The number of nitrogen functional groups attached to an aromatic ring is 1. The molecule has 1 aliphatic carbocycles. The Morgan fingerprint density at radius 1 is 1.45 bits per heavy atom. The maximum atomic E-state index is 11.9. The van der Waals surface area contributed by atoms with Crippen molar-refractivity contribution in [3.63, 3.8) is 0 Å². The van der Waals surface area contributed by atoms with Crippen LogP contribution in [0.5, 0.6) is 0 Å². The summed E-state index contributed by atoms with van der Waals surface area (Å²) in [4.78, 5) is 2.19. The molecule has 0 unspecified atom stereocenters. The second-order valence-corrected chi connectivity index (χ2v) is 6.82. The lowest BCUT2D eigenvalue weighted by atomic mass is 9.91. The number of anilines is 2. The first kappa shape index (κ1) is 15.1. The number of sulfonamides is 1. The summed E-state index contributed by atoms with van der Waals surface area (Å²) in [6.45, 7) is 0.469. The van der Waals surface area contributed by atoms with Crippen molar-refractivity contribution in [2.45, 2.75) is 30.2 Å². The minimum atomic E-state index is -3.50. The van der Waals surface area contributed by atoms with Crippen molar-refractivity contribution in [3.8, 4) is 0 Å². The molecule has 1 fully saturated rings. The number of hydrogen-bond acceptors (Lipinski definition) is 5. The fourth-order valence-corrected chi connectivity index (χ4v) is 3.11. The molecule has 4 N–H and O–H groups in total. The molecule has 1 aromatic carbocycles. The van der Waals surface area contributed by atoms with Crippen LogP contribution in [0, 0.1) is 0 Å². The maximum Gasteiger partial charge on any atom is 0.240 e. The highest BCUT2D eigenvalue weighted by atomic mass is 32.2. The SMILES string of the molecule is CNS(=O)(=O)c1ccc(N)c(N(CCO)C2CCC2)c1. The second-order valence-electron chi connectivity index (χ2n) is 4.93. The molecule has 0 saturated heterocycles. The molecule has 0 amide bonds. The molecule has 0 aliphatic heterocycles. The van der Waals surface area contributed by atoms with Gasteiger partial charge in [0.1, 0.15) is 0 Å². The van der Waals surface area contributed by atoms with Crippen LogP contribution in [0.25, 0.3) is 0 Å². The first-order valence-corrected chi connectivity index (χ1v) is 8.18. The van der Waals surface area contributed by atoms with Crippen molar-refractivity contribution in [1.82, 2.24) is 4.72 Å². The van der Waals surface area contributed by atoms with Crippen LogP contribution in [0.3, 0.4) is 0 Å². The van der Waals surface area contributed by atoms with E-state index in [-0.39, 0.29) is 11.5 Å². The van der Waals surface area contributed by atoms with Gasteiger partial charge in [0.15, 0.2) is 0 Å². The third-order valence-electron chi connectivity index (χ3n) is 3.75. The Kier molecular flexibility index (Phi) is 4.52. The van der Waals surface area contributed by atoms with E-state index in [0.29, 0.717) is 24.0 Å². The molecule has 0 atom stereocenters. The van der Waals surface area contributed by atoms with Gasteiger partial charge in [-0.3, -0.25) is 0 Å². The van der Waals surface area contributed by atoms with E-state index in [1.165, 1.54) is 13.1 Å². The average molecular weight is 299 g/mol. The summed E-state index contributed by atoms with van der Waals surface area (Å²) in [5, 5.41) is 9.22. The van der Waals surface area contributed by atoms with Gasteiger partial charge in [0.2, 0.25) is 10.0 Å². The predicted octanol–water partition coefficient (Wildman–Crippen LogP) is 0.528. The average Bonchev–Trinajstić information content (AvgIpc) is 2.36. The predicted molar refractivity (Wildman–Crippen MR) is 79.2 cm³/mol. The summed E-state index contributed by atoms with van der Waals surface area (Å²) in [5.74, 6) is 0. The second kappa shape index (κ2) is 5.99. The number of hydrogen-bond donors (Lipinski definition) is 3. The van der Waals surface area contributed by atoms with Gasteiger partial charge in [-0.2, -0.15) is 0 Å². The van der Waals surface area contributed by atoms with Crippen LogP contribution < -0.4 is 15.4 Å². The monoisotopic (exact) mass is 299 g/mol. The smallest absolute Gasteiger partial charge is 0.240 e. The highest BCUT2D eigenvalue weighted by molar-refractivity contribution is 7.89. The summed E-state index contributed by atoms with van der Waals surface area (Å²) in [7, 11) is -2.12. The summed E-state index contributed by atoms with van der Waals surface area (Å²) in [6, 6.07) is 5.00. The lowest BCUT2D eigenvalue weighted by Crippen LogP contribution is -2.42. The van der Waals surface area contributed by atoms with E-state index in [4.69, 9.17) is 5.73 Å². The van der Waals surface area contributed by atoms with Gasteiger partial charge in [-0.15, -0.1) is 0 Å². The van der Waals surface area contributed by atoms with E-state index < -0.39 is 10.0 Å². The number of aliphatic hydroxyl groups excluding tert-OH is 1. The van der Waals surface area contributed by atoms with Crippen molar-refractivity contribution < 1.29 is 13.5 Å². The highest BCUT2D eigenvalue weighted by Gasteiger charge is 2.27. The molecule has 112 valence electrons. The van der Waals surface area contributed by atoms with Gasteiger partial charge in [0, 0.05) is 12.6 Å². The number of nitrogens with two attached hydrogens (primary N) is 1. The molecule has 0 bridgehead atoms. The third-order valence-corrected chi connectivity index (χ3v) is 5.16. The van der Waals surface area contributed by atoms with Gasteiger partial charge in [-0.25, -0.2) is 13.1 Å². The molecular formula is C13H21N3O3S. The minimum Gasteiger partial charge on any atom is -0.397 e. The Morgan fingerprint density at radius 2 is 2.15 bits per heavy atom. The Hall–Kier alpha value is -1.31. The van der Waals surface area contributed by atoms with E-state index in [1.807, 2.05) is 4.90 Å². The largest absolute Gasteiger partial charge is 0.397 e. The lowest BCUT2D eigenvalue weighted by Gasteiger charge is -2.39. The van der Waals surface area contributed by atoms with Crippen molar-refractivity contribution in [3.05, 3.63) is 18.2 Å². The van der Waals surface area contributed by atoms with Crippen LogP contribution in [-0.4, -0.2) is 39.8 Å². The van der Waals surface area contributed by atoms with Gasteiger partial charge in [-0.05, 0) is 44.5 Å². The molecule has 0 spiro atoms. The van der Waals surface area contributed by atoms with E-state index in [9.17, 15) is 13.5 Å². The van der Waals surface area contributed by atoms with Crippen LogP contribution in [0.15, 0.2) is 23.1 Å². The molecule has 1 saturated carbocycles. The van der Waals surface area contributed by atoms with Gasteiger partial charge >= 0.3 is 0 Å². The fraction of sp³-hybridized carbons (Fsp3) is 0.538. The molecule has 7 heteroatoms. The van der Waals surface area contributed by atoms with Crippen molar-refractivity contribution in [2.24, 2.45) is 0 Å². The molecular weight excluding hydrogens is 278 g/mol. The molecule has 20 heavy (non-hydrogen) atoms. The van der Waals surface area contributed by atoms with Gasteiger partial charge in [-0.1, -0.05) is 0 Å². The molecule has 1 aliphatic rings. The summed E-state index contributed by atoms with van der Waals surface area (Å²) < 4.78 is 26.1. The molecule has 0 aromatic heterocycles. The molecule has 0 heterocycles. The van der Waals surface area contributed by atoms with Gasteiger partial charge in [0.05, 0.1) is 22.9 Å². The molecule has 2 rings (SSSR count). The van der Waals surface area contributed by atoms with Crippen LogP contribution in [0.4, 0.5) is 11.4 Å². The fourth-order valence-electron chi connectivity index (χ4n) is 2.36. The zero-order valence-corrected chi connectivity index (χ0v) is 12.4. The van der Waals surface area contributed by atoms with Gasteiger partial charge < -0.3 is 15.7 Å². The Bertz CT molecular complexity index is 570. The van der Waals surface area contributed by atoms with Crippen molar-refractivity contribution >= 4 is 21.4 Å². The van der Waals surface area contributed by atoms with Gasteiger partial charge in [0.25, 0.3) is 0 Å². The van der Waals surface area contributed by atoms with Crippen molar-refractivity contribution in [1.29, 1.82) is 0 Å². The molecule has 1 aromatic rings. The molecule has 0 radical (unpaired) electrons.